The van der Waals surface area contributed by atoms with Gasteiger partial charge in [0.25, 0.3) is 0 Å². The molecule has 0 spiro atoms. The Bertz CT molecular complexity index is 892. The van der Waals surface area contributed by atoms with Crippen LogP contribution in [0.2, 0.25) is 0 Å². The van der Waals surface area contributed by atoms with Crippen molar-refractivity contribution in [2.75, 3.05) is 6.54 Å². The number of furan rings is 1. The first-order valence-corrected chi connectivity index (χ1v) is 8.40. The molecule has 1 aliphatic heterocycles. The summed E-state index contributed by atoms with van der Waals surface area (Å²) in [5, 5.41) is 14.5. The molecular formula is C17H20N6O2. The van der Waals surface area contributed by atoms with Gasteiger partial charge in [0.1, 0.15) is 17.3 Å². The van der Waals surface area contributed by atoms with E-state index >= 15 is 0 Å². The average Bonchev–Trinajstić information content (AvgIpc) is 3.34. The minimum absolute atomic E-state index is 0.0254. The van der Waals surface area contributed by atoms with E-state index < -0.39 is 0 Å². The van der Waals surface area contributed by atoms with Crippen LogP contribution in [-0.4, -0.2) is 42.7 Å². The van der Waals surface area contributed by atoms with E-state index in [-0.39, 0.29) is 18.2 Å². The second-order valence-electron chi connectivity index (χ2n) is 6.32. The van der Waals surface area contributed by atoms with Crippen molar-refractivity contribution in [3.8, 4) is 0 Å². The fraction of sp³-hybridized carbons (Fsp3) is 0.412. The number of nitrogens with one attached hydrogen (secondary N) is 2. The van der Waals surface area contributed by atoms with Gasteiger partial charge in [0.05, 0.1) is 24.2 Å². The Kier molecular flexibility index (Phi) is 3.87. The molecule has 1 aliphatic rings. The van der Waals surface area contributed by atoms with Crippen molar-refractivity contribution in [3.05, 3.63) is 52.8 Å². The summed E-state index contributed by atoms with van der Waals surface area (Å²) in [6.07, 6.45) is 2.81. The van der Waals surface area contributed by atoms with Gasteiger partial charge in [-0.15, -0.1) is 0 Å². The maximum Gasteiger partial charge on any atom is 0.230 e. The molecular weight excluding hydrogens is 320 g/mol. The topological polar surface area (TPSA) is 104 Å². The number of fused-ring (bicyclic) bond motifs is 1. The lowest BCUT2D eigenvalue weighted by Gasteiger charge is -2.31. The molecule has 4 heterocycles. The van der Waals surface area contributed by atoms with E-state index in [2.05, 4.69) is 25.4 Å². The number of aromatic nitrogens is 5. The Balaban J connectivity index is 1.58. The number of amides is 1. The summed E-state index contributed by atoms with van der Waals surface area (Å²) in [5.41, 5.74) is 1.99. The molecule has 0 aliphatic carbocycles. The number of carbonyl (C=O) groups excluding carboxylic acids is 1. The maximum absolute atomic E-state index is 12.7. The maximum atomic E-state index is 12.7. The molecule has 8 heteroatoms. The third-order valence-electron chi connectivity index (χ3n) is 4.53. The largest absolute Gasteiger partial charge is 0.466 e. The predicted octanol–water partition coefficient (Wildman–Crippen LogP) is 1.71. The molecule has 1 amide bonds. The Hall–Kier alpha value is -2.90. The van der Waals surface area contributed by atoms with Gasteiger partial charge in [-0.3, -0.25) is 15.0 Å². The third-order valence-corrected chi connectivity index (χ3v) is 4.53. The van der Waals surface area contributed by atoms with E-state index in [1.54, 1.807) is 6.20 Å². The van der Waals surface area contributed by atoms with Crippen LogP contribution in [0, 0.1) is 6.92 Å². The number of aryl methyl sites for hydroxylation is 2. The first-order valence-electron chi connectivity index (χ1n) is 8.40. The van der Waals surface area contributed by atoms with Gasteiger partial charge in [-0.1, -0.05) is 6.92 Å². The quantitative estimate of drug-likeness (QED) is 0.752. The molecule has 1 unspecified atom stereocenters. The predicted molar refractivity (Wildman–Crippen MR) is 88.8 cm³/mol. The molecule has 3 aromatic heterocycles. The van der Waals surface area contributed by atoms with E-state index in [4.69, 9.17) is 4.42 Å². The van der Waals surface area contributed by atoms with Crippen LogP contribution in [0.5, 0.6) is 0 Å². The summed E-state index contributed by atoms with van der Waals surface area (Å²) in [5.74, 6) is 2.94. The van der Waals surface area contributed by atoms with Crippen molar-refractivity contribution >= 4 is 5.91 Å². The van der Waals surface area contributed by atoms with E-state index in [0.717, 1.165) is 29.3 Å². The van der Waals surface area contributed by atoms with Crippen molar-refractivity contribution in [2.45, 2.75) is 39.2 Å². The molecule has 8 nitrogen and oxygen atoms in total. The van der Waals surface area contributed by atoms with Gasteiger partial charge >= 0.3 is 0 Å². The molecule has 0 bridgehead atoms. The number of hydrogen-bond acceptors (Lipinski definition) is 5. The van der Waals surface area contributed by atoms with Crippen LogP contribution in [0.25, 0.3) is 0 Å². The number of hydrogen-bond donors (Lipinski definition) is 2. The smallest absolute Gasteiger partial charge is 0.230 e. The van der Waals surface area contributed by atoms with Crippen LogP contribution < -0.4 is 0 Å². The lowest BCUT2D eigenvalue weighted by molar-refractivity contribution is -0.131. The number of nitrogens with zero attached hydrogens (tertiary/aromatic N) is 4. The van der Waals surface area contributed by atoms with Crippen LogP contribution in [-0.2, 0) is 24.2 Å². The Morgan fingerprint density at radius 1 is 1.40 bits per heavy atom. The number of aromatic amines is 2. The molecule has 0 aromatic carbocycles. The molecule has 0 saturated carbocycles. The van der Waals surface area contributed by atoms with E-state index in [0.29, 0.717) is 24.7 Å². The van der Waals surface area contributed by atoms with Gasteiger partial charge in [0.15, 0.2) is 5.82 Å². The van der Waals surface area contributed by atoms with Crippen LogP contribution in [0.1, 0.15) is 47.3 Å². The normalized spacial score (nSPS) is 16.9. The third kappa shape index (κ3) is 2.95. The summed E-state index contributed by atoms with van der Waals surface area (Å²) < 4.78 is 5.53. The lowest BCUT2D eigenvalue weighted by Crippen LogP contribution is -2.39. The van der Waals surface area contributed by atoms with Crippen molar-refractivity contribution in [2.24, 2.45) is 0 Å². The van der Waals surface area contributed by atoms with Gasteiger partial charge in [0.2, 0.25) is 5.91 Å². The minimum atomic E-state index is -0.106. The van der Waals surface area contributed by atoms with Crippen LogP contribution in [0.3, 0.4) is 0 Å². The first-order chi connectivity index (χ1) is 12.1. The molecule has 4 rings (SSSR count). The highest BCUT2D eigenvalue weighted by Crippen LogP contribution is 2.30. The number of rotatable bonds is 4. The van der Waals surface area contributed by atoms with Crippen molar-refractivity contribution in [1.82, 2.24) is 30.3 Å². The summed E-state index contributed by atoms with van der Waals surface area (Å²) in [4.78, 5) is 19.1. The first kappa shape index (κ1) is 15.6. The molecule has 2 N–H and O–H groups in total. The van der Waals surface area contributed by atoms with Gasteiger partial charge < -0.3 is 9.32 Å². The summed E-state index contributed by atoms with van der Waals surface area (Å²) in [6, 6.07) is 3.72. The van der Waals surface area contributed by atoms with Crippen molar-refractivity contribution in [1.29, 1.82) is 0 Å². The molecule has 0 saturated heterocycles. The van der Waals surface area contributed by atoms with Crippen LogP contribution in [0.15, 0.2) is 22.7 Å². The van der Waals surface area contributed by atoms with E-state index in [1.807, 2.05) is 30.9 Å². The van der Waals surface area contributed by atoms with E-state index in [1.165, 1.54) is 0 Å². The standard InChI is InChI=1S/C17H20N6O2/c1-3-14-19-17(22-20-14)13-9-23(8-11-7-18-21-16(11)13)15(24)6-12-5-4-10(2)25-12/h4-5,7,13H,3,6,8-9H2,1-2H3,(H,18,21)(H,19,20,22). The average molecular weight is 340 g/mol. The zero-order valence-corrected chi connectivity index (χ0v) is 14.2. The lowest BCUT2D eigenvalue weighted by atomic mass is 9.95. The van der Waals surface area contributed by atoms with Crippen molar-refractivity contribution < 1.29 is 9.21 Å². The molecule has 3 aromatic rings. The molecule has 130 valence electrons. The van der Waals surface area contributed by atoms with Gasteiger partial charge in [-0.25, -0.2) is 4.98 Å². The SMILES string of the molecule is CCc1nc(C2CN(C(=O)Cc3ccc(C)o3)Cc3cn[nH]c32)n[nH]1. The number of H-pyrrole nitrogens is 2. The van der Waals surface area contributed by atoms with E-state index in [9.17, 15) is 4.79 Å². The second kappa shape index (κ2) is 6.19. The highest BCUT2D eigenvalue weighted by atomic mass is 16.3. The molecule has 25 heavy (non-hydrogen) atoms. The zero-order chi connectivity index (χ0) is 17.4. The molecule has 1 atom stereocenters. The summed E-state index contributed by atoms with van der Waals surface area (Å²) >= 11 is 0. The summed E-state index contributed by atoms with van der Waals surface area (Å²) in [7, 11) is 0. The fourth-order valence-electron chi connectivity index (χ4n) is 3.20. The Morgan fingerprint density at radius 2 is 2.28 bits per heavy atom. The number of carbonyl (C=O) groups is 1. The van der Waals surface area contributed by atoms with Gasteiger partial charge in [-0.05, 0) is 19.1 Å². The molecule has 0 fully saturated rings. The minimum Gasteiger partial charge on any atom is -0.466 e. The van der Waals surface area contributed by atoms with Crippen molar-refractivity contribution in [3.63, 3.8) is 0 Å². The second-order valence-corrected chi connectivity index (χ2v) is 6.32. The zero-order valence-electron chi connectivity index (χ0n) is 14.2. The Labute approximate surface area is 144 Å². The summed E-state index contributed by atoms with van der Waals surface area (Å²) in [6.45, 7) is 4.95. The van der Waals surface area contributed by atoms with Gasteiger partial charge in [0, 0.05) is 25.1 Å². The fourth-order valence-corrected chi connectivity index (χ4v) is 3.20. The monoisotopic (exact) mass is 340 g/mol. The highest BCUT2D eigenvalue weighted by Gasteiger charge is 2.33. The highest BCUT2D eigenvalue weighted by molar-refractivity contribution is 5.78. The van der Waals surface area contributed by atoms with Gasteiger partial charge in [-0.2, -0.15) is 10.2 Å². The molecule has 0 radical (unpaired) electrons. The Morgan fingerprint density at radius 3 is 3.00 bits per heavy atom. The van der Waals surface area contributed by atoms with Crippen LogP contribution in [0.4, 0.5) is 0 Å². The van der Waals surface area contributed by atoms with Crippen LogP contribution >= 0.6 is 0 Å².